The third-order valence-electron chi connectivity index (χ3n) is 1.21. The molecule has 0 aromatic carbocycles. The highest BCUT2D eigenvalue weighted by Gasteiger charge is 2.11. The van der Waals surface area contributed by atoms with E-state index in [0.29, 0.717) is 6.42 Å². The van der Waals surface area contributed by atoms with Crippen LogP contribution in [0.2, 0.25) is 0 Å². The van der Waals surface area contributed by atoms with Gasteiger partial charge in [0.15, 0.2) is 0 Å². The van der Waals surface area contributed by atoms with Crippen molar-refractivity contribution >= 4 is 5.91 Å². The van der Waals surface area contributed by atoms with E-state index in [1.807, 2.05) is 0 Å². The van der Waals surface area contributed by atoms with E-state index < -0.39 is 0 Å². The van der Waals surface area contributed by atoms with Gasteiger partial charge in [0.25, 0.3) is 5.91 Å². The Morgan fingerprint density at radius 1 is 1.50 bits per heavy atom. The molecule has 3 heteroatoms. The van der Waals surface area contributed by atoms with Gasteiger partial charge < -0.3 is 0 Å². The highest BCUT2D eigenvalue weighted by molar-refractivity contribution is 5.75. The van der Waals surface area contributed by atoms with Gasteiger partial charge in [-0.3, -0.25) is 4.79 Å². The minimum atomic E-state index is -0.324. The molecule has 0 rings (SSSR count). The Hall–Kier alpha value is -0.730. The van der Waals surface area contributed by atoms with Crippen LogP contribution in [-0.4, -0.2) is 5.91 Å². The molecule has 0 unspecified atom stereocenters. The van der Waals surface area contributed by atoms with Crippen molar-refractivity contribution in [1.82, 2.24) is 0 Å². The molecule has 0 bridgehead atoms. The van der Waals surface area contributed by atoms with Crippen molar-refractivity contribution in [3.63, 3.8) is 0 Å². The van der Waals surface area contributed by atoms with Gasteiger partial charge in [0.1, 0.15) is 0 Å². The van der Waals surface area contributed by atoms with E-state index in [0.717, 1.165) is 6.42 Å². The van der Waals surface area contributed by atoms with E-state index in [2.05, 4.69) is 25.9 Å². The molecule has 0 fully saturated rings. The molecule has 0 atom stereocenters. The molecule has 0 aromatic rings. The molecule has 10 heavy (non-hydrogen) atoms. The summed E-state index contributed by atoms with van der Waals surface area (Å²) in [7, 11) is 0. The smallest absolute Gasteiger partial charge is 0.264 e. The van der Waals surface area contributed by atoms with E-state index in [4.69, 9.17) is 5.53 Å². The average molecular weight is 142 g/mol. The summed E-state index contributed by atoms with van der Waals surface area (Å²) in [6, 6.07) is 0. The molecule has 0 saturated carbocycles. The Labute approximate surface area is 61.3 Å². The Bertz CT molecular complexity index is 135. The summed E-state index contributed by atoms with van der Waals surface area (Å²) in [4.78, 5) is 10.5. The first-order valence-corrected chi connectivity index (χ1v) is 3.36. The quantitative estimate of drug-likeness (QED) is 0.591. The van der Waals surface area contributed by atoms with Gasteiger partial charge in [-0.25, -0.2) is 5.53 Å². The first kappa shape index (κ1) is 9.27. The Morgan fingerprint density at radius 2 is 2.00 bits per heavy atom. The summed E-state index contributed by atoms with van der Waals surface area (Å²) < 4.78 is 0. The summed E-state index contributed by atoms with van der Waals surface area (Å²) in [6.07, 6.45) is 1.20. The number of nitrogens with zero attached hydrogens (tertiary/aromatic N) is 1. The zero-order valence-electron chi connectivity index (χ0n) is 6.77. The summed E-state index contributed by atoms with van der Waals surface area (Å²) >= 11 is 0. The Morgan fingerprint density at radius 3 is 2.30 bits per heavy atom. The number of rotatable bonds is 2. The normalized spacial score (nSPS) is 11.1. The van der Waals surface area contributed by atoms with Crippen LogP contribution in [0.5, 0.6) is 0 Å². The Balaban J connectivity index is 3.55. The van der Waals surface area contributed by atoms with Crippen LogP contribution < -0.4 is 0 Å². The van der Waals surface area contributed by atoms with E-state index in [-0.39, 0.29) is 11.3 Å². The molecule has 0 spiro atoms. The fraction of sp³-hybridized carbons (Fsp3) is 0.857. The second-order valence-corrected chi connectivity index (χ2v) is 3.57. The lowest BCUT2D eigenvalue weighted by Gasteiger charge is -2.15. The molecule has 0 aliphatic carbocycles. The van der Waals surface area contributed by atoms with Gasteiger partial charge >= 0.3 is 0 Å². The van der Waals surface area contributed by atoms with E-state index in [1.165, 1.54) is 0 Å². The summed E-state index contributed by atoms with van der Waals surface area (Å²) in [5.41, 5.74) is 6.56. The highest BCUT2D eigenvalue weighted by Crippen LogP contribution is 2.20. The standard InChI is InChI=1S/C7H14N2O/c1-7(2,3)5-4-6(10)9-8/h8H,4-5H2,1-3H3. The molecule has 58 valence electrons. The summed E-state index contributed by atoms with van der Waals surface area (Å²) in [5.74, 6) is -0.324. The van der Waals surface area contributed by atoms with Crippen molar-refractivity contribution in [3.8, 4) is 0 Å². The minimum absolute atomic E-state index is 0.167. The lowest BCUT2D eigenvalue weighted by Crippen LogP contribution is -2.07. The largest absolute Gasteiger partial charge is 0.271 e. The Kier molecular flexibility index (Phi) is 3.19. The number of carbonyl (C=O) groups excluding carboxylic acids is 1. The second-order valence-electron chi connectivity index (χ2n) is 3.57. The molecule has 3 nitrogen and oxygen atoms in total. The molecule has 0 saturated heterocycles. The first-order valence-electron chi connectivity index (χ1n) is 3.36. The third kappa shape index (κ3) is 5.41. The molecule has 1 amide bonds. The predicted octanol–water partition coefficient (Wildman–Crippen LogP) is 2.37. The van der Waals surface area contributed by atoms with Crippen LogP contribution in [-0.2, 0) is 4.79 Å². The van der Waals surface area contributed by atoms with Gasteiger partial charge in [0.2, 0.25) is 0 Å². The molecule has 1 N–H and O–H groups in total. The van der Waals surface area contributed by atoms with Crippen LogP contribution in [0.15, 0.2) is 5.11 Å². The van der Waals surface area contributed by atoms with Gasteiger partial charge in [0.05, 0.1) is 0 Å². The maximum atomic E-state index is 10.5. The average Bonchev–Trinajstić information content (AvgIpc) is 1.81. The highest BCUT2D eigenvalue weighted by atomic mass is 16.1. The molecule has 0 radical (unpaired) electrons. The lowest BCUT2D eigenvalue weighted by molar-refractivity contribution is -0.119. The molecule has 0 aliphatic rings. The zero-order valence-corrected chi connectivity index (χ0v) is 6.77. The van der Waals surface area contributed by atoms with Gasteiger partial charge in [0, 0.05) is 6.42 Å². The topological polar surface area (TPSA) is 53.3 Å². The fourth-order valence-corrected chi connectivity index (χ4v) is 0.538. The van der Waals surface area contributed by atoms with Crippen LogP contribution in [0, 0.1) is 10.9 Å². The van der Waals surface area contributed by atoms with Gasteiger partial charge in [-0.1, -0.05) is 20.8 Å². The molecule has 0 aromatic heterocycles. The van der Waals surface area contributed by atoms with Crippen LogP contribution in [0.3, 0.4) is 0 Å². The first-order chi connectivity index (χ1) is 4.45. The monoisotopic (exact) mass is 142 g/mol. The van der Waals surface area contributed by atoms with Gasteiger partial charge in [-0.05, 0) is 11.8 Å². The van der Waals surface area contributed by atoms with Crippen LogP contribution >= 0.6 is 0 Å². The molecular formula is C7H14N2O. The number of carbonyl (C=O) groups is 1. The van der Waals surface area contributed by atoms with Gasteiger partial charge in [-0.2, -0.15) is 0 Å². The van der Waals surface area contributed by atoms with E-state index >= 15 is 0 Å². The number of hydrogen-bond acceptors (Lipinski definition) is 2. The van der Waals surface area contributed by atoms with E-state index in [9.17, 15) is 4.79 Å². The summed E-state index contributed by atoms with van der Waals surface area (Å²) in [5, 5.41) is 2.80. The number of amides is 1. The molecule has 0 aliphatic heterocycles. The maximum absolute atomic E-state index is 10.5. The fourth-order valence-electron chi connectivity index (χ4n) is 0.538. The third-order valence-corrected chi connectivity index (χ3v) is 1.21. The van der Waals surface area contributed by atoms with Crippen molar-refractivity contribution in [2.24, 2.45) is 10.5 Å². The molecular weight excluding hydrogens is 128 g/mol. The SMILES string of the molecule is CC(C)(C)CCC(=O)N=N. The van der Waals surface area contributed by atoms with Gasteiger partial charge in [-0.15, -0.1) is 5.11 Å². The zero-order chi connectivity index (χ0) is 8.20. The minimum Gasteiger partial charge on any atom is -0.271 e. The van der Waals surface area contributed by atoms with Crippen molar-refractivity contribution in [2.45, 2.75) is 33.6 Å². The summed E-state index contributed by atoms with van der Waals surface area (Å²) in [6.45, 7) is 6.18. The van der Waals surface area contributed by atoms with E-state index in [1.54, 1.807) is 0 Å². The number of nitrogens with one attached hydrogen (secondary N) is 1. The van der Waals surface area contributed by atoms with Crippen molar-refractivity contribution in [1.29, 1.82) is 5.53 Å². The van der Waals surface area contributed by atoms with Crippen molar-refractivity contribution in [3.05, 3.63) is 0 Å². The maximum Gasteiger partial charge on any atom is 0.264 e. The van der Waals surface area contributed by atoms with Crippen molar-refractivity contribution in [2.75, 3.05) is 0 Å². The number of hydrogen-bond donors (Lipinski definition) is 1. The lowest BCUT2D eigenvalue weighted by atomic mass is 9.90. The van der Waals surface area contributed by atoms with Crippen LogP contribution in [0.25, 0.3) is 0 Å². The van der Waals surface area contributed by atoms with Crippen molar-refractivity contribution < 1.29 is 4.79 Å². The predicted molar refractivity (Wildman–Crippen MR) is 38.8 cm³/mol. The van der Waals surface area contributed by atoms with Crippen LogP contribution in [0.1, 0.15) is 33.6 Å². The molecule has 0 heterocycles. The second kappa shape index (κ2) is 3.44. The van der Waals surface area contributed by atoms with Crippen LogP contribution in [0.4, 0.5) is 0 Å².